The number of nitrogens with two attached hydrogens (primary N) is 1. The Morgan fingerprint density at radius 3 is 2.81 bits per heavy atom. The Hall–Kier alpha value is -0.810. The maximum absolute atomic E-state index is 11.6. The Labute approximate surface area is 95.4 Å². The molecule has 0 bridgehead atoms. The van der Waals surface area contributed by atoms with Gasteiger partial charge in [0.05, 0.1) is 5.75 Å². The van der Waals surface area contributed by atoms with Crippen molar-refractivity contribution in [3.8, 4) is 0 Å². The zero-order valence-corrected chi connectivity index (χ0v) is 9.96. The molecular formula is C11H16N2O2S. The summed E-state index contributed by atoms with van der Waals surface area (Å²) >= 11 is 0. The molecule has 0 unspecified atom stereocenters. The van der Waals surface area contributed by atoms with Crippen LogP contribution in [0.15, 0.2) is 17.3 Å². The Morgan fingerprint density at radius 1 is 1.44 bits per heavy atom. The second-order valence-electron chi connectivity index (χ2n) is 5.06. The second kappa shape index (κ2) is 3.11. The highest BCUT2D eigenvalue weighted by Crippen LogP contribution is 2.37. The molecule has 1 saturated carbocycles. The van der Waals surface area contributed by atoms with Crippen LogP contribution in [-0.2, 0) is 22.8 Å². The Kier molecular flexibility index (Phi) is 2.01. The van der Waals surface area contributed by atoms with Crippen LogP contribution in [0.5, 0.6) is 0 Å². The van der Waals surface area contributed by atoms with E-state index in [1.165, 1.54) is 0 Å². The fraction of sp³-hybridized carbons (Fsp3) is 0.636. The highest BCUT2D eigenvalue weighted by molar-refractivity contribution is 7.91. The number of sulfone groups is 1. The predicted octanol–water partition coefficient (Wildman–Crippen LogP) is 0.699. The minimum atomic E-state index is -2.99. The number of aromatic nitrogens is 1. The molecule has 0 saturated heterocycles. The first-order valence-corrected chi connectivity index (χ1v) is 7.35. The predicted molar refractivity (Wildman–Crippen MR) is 61.0 cm³/mol. The van der Waals surface area contributed by atoms with Crippen molar-refractivity contribution in [3.05, 3.63) is 17.8 Å². The van der Waals surface area contributed by atoms with Crippen molar-refractivity contribution >= 4 is 9.84 Å². The van der Waals surface area contributed by atoms with E-state index in [2.05, 4.69) is 0 Å². The third-order valence-electron chi connectivity index (χ3n) is 3.64. The molecule has 0 amide bonds. The highest BCUT2D eigenvalue weighted by atomic mass is 32.2. The zero-order chi connectivity index (χ0) is 11.4. The summed E-state index contributed by atoms with van der Waals surface area (Å²) in [5.41, 5.74) is 7.17. The summed E-state index contributed by atoms with van der Waals surface area (Å²) < 4.78 is 25.1. The van der Waals surface area contributed by atoms with Gasteiger partial charge in [-0.3, -0.25) is 0 Å². The molecule has 2 aliphatic rings. The molecule has 0 spiro atoms. The lowest BCUT2D eigenvalue weighted by atomic mass is 10.1. The van der Waals surface area contributed by atoms with Crippen LogP contribution >= 0.6 is 0 Å². The minimum Gasteiger partial charge on any atom is -0.337 e. The number of hydrogen-bond donors (Lipinski definition) is 1. The van der Waals surface area contributed by atoms with Gasteiger partial charge >= 0.3 is 0 Å². The first-order valence-electron chi connectivity index (χ1n) is 5.69. The van der Waals surface area contributed by atoms with Crippen molar-refractivity contribution in [1.29, 1.82) is 0 Å². The molecule has 88 valence electrons. The summed E-state index contributed by atoms with van der Waals surface area (Å²) in [6, 6.07) is 1.81. The van der Waals surface area contributed by atoms with Crippen molar-refractivity contribution in [3.63, 3.8) is 0 Å². The first kappa shape index (κ1) is 10.4. The monoisotopic (exact) mass is 240 g/mol. The molecule has 1 aromatic rings. The first-order chi connectivity index (χ1) is 7.49. The summed E-state index contributed by atoms with van der Waals surface area (Å²) in [5.74, 6) is 0.253. The molecule has 0 atom stereocenters. The maximum atomic E-state index is 11.6. The van der Waals surface area contributed by atoms with Gasteiger partial charge in [0, 0.05) is 18.3 Å². The molecule has 1 aromatic heterocycles. The van der Waals surface area contributed by atoms with Crippen LogP contribution in [0.4, 0.5) is 0 Å². The van der Waals surface area contributed by atoms with E-state index in [1.807, 2.05) is 16.8 Å². The van der Waals surface area contributed by atoms with Crippen LogP contribution in [0.3, 0.4) is 0 Å². The molecule has 2 N–H and O–H groups in total. The van der Waals surface area contributed by atoms with E-state index in [4.69, 9.17) is 5.73 Å². The smallest absolute Gasteiger partial charge is 0.195 e. The van der Waals surface area contributed by atoms with E-state index in [0.717, 1.165) is 31.2 Å². The fourth-order valence-corrected chi connectivity index (χ4v) is 3.73. The van der Waals surface area contributed by atoms with Crippen molar-refractivity contribution in [2.24, 2.45) is 5.73 Å². The third-order valence-corrected chi connectivity index (χ3v) is 5.35. The van der Waals surface area contributed by atoms with Gasteiger partial charge < -0.3 is 10.3 Å². The van der Waals surface area contributed by atoms with Gasteiger partial charge in [0.15, 0.2) is 9.84 Å². The van der Waals surface area contributed by atoms with Gasteiger partial charge in [-0.1, -0.05) is 0 Å². The Bertz CT molecular complexity index is 526. The molecule has 5 heteroatoms. The van der Waals surface area contributed by atoms with E-state index >= 15 is 0 Å². The third kappa shape index (κ3) is 1.68. The van der Waals surface area contributed by atoms with Crippen LogP contribution < -0.4 is 5.73 Å². The van der Waals surface area contributed by atoms with Crippen LogP contribution in [0.2, 0.25) is 0 Å². The molecule has 2 heterocycles. The van der Waals surface area contributed by atoms with Gasteiger partial charge in [0.25, 0.3) is 0 Å². The maximum Gasteiger partial charge on any atom is 0.195 e. The molecule has 1 aliphatic carbocycles. The largest absolute Gasteiger partial charge is 0.337 e. The van der Waals surface area contributed by atoms with E-state index < -0.39 is 9.84 Å². The standard InChI is InChI=1S/C11H16N2O2S/c12-11(3-4-11)2-1-9-7-10-13(8-9)5-6-16(10,14)15/h7-8H,1-6,12H2. The van der Waals surface area contributed by atoms with E-state index in [-0.39, 0.29) is 11.3 Å². The highest BCUT2D eigenvalue weighted by Gasteiger charge is 2.37. The molecule has 1 fully saturated rings. The van der Waals surface area contributed by atoms with E-state index in [9.17, 15) is 8.42 Å². The topological polar surface area (TPSA) is 65.1 Å². The number of aryl methyl sites for hydroxylation is 2. The average Bonchev–Trinajstić information content (AvgIpc) is 2.72. The van der Waals surface area contributed by atoms with E-state index in [0.29, 0.717) is 11.6 Å². The Balaban J connectivity index is 1.78. The van der Waals surface area contributed by atoms with Crippen molar-refractivity contribution < 1.29 is 8.42 Å². The number of fused-ring (bicyclic) bond motifs is 1. The molecular weight excluding hydrogens is 224 g/mol. The normalized spacial score (nSPS) is 24.3. The summed E-state index contributed by atoms with van der Waals surface area (Å²) in [6.45, 7) is 0.603. The van der Waals surface area contributed by atoms with Crippen LogP contribution in [0.25, 0.3) is 0 Å². The average molecular weight is 240 g/mol. The van der Waals surface area contributed by atoms with E-state index in [1.54, 1.807) is 0 Å². The lowest BCUT2D eigenvalue weighted by Gasteiger charge is -2.06. The quantitative estimate of drug-likeness (QED) is 0.845. The van der Waals surface area contributed by atoms with Gasteiger partial charge in [-0.2, -0.15) is 0 Å². The number of hydrogen-bond acceptors (Lipinski definition) is 3. The lowest BCUT2D eigenvalue weighted by molar-refractivity contribution is 0.598. The molecule has 0 radical (unpaired) electrons. The van der Waals surface area contributed by atoms with Crippen molar-refractivity contribution in [2.75, 3.05) is 5.75 Å². The number of nitrogens with zero attached hydrogens (tertiary/aromatic N) is 1. The van der Waals surface area contributed by atoms with Crippen LogP contribution in [0.1, 0.15) is 24.8 Å². The molecule has 3 rings (SSSR count). The van der Waals surface area contributed by atoms with Gasteiger partial charge in [-0.15, -0.1) is 0 Å². The number of rotatable bonds is 3. The summed E-state index contributed by atoms with van der Waals surface area (Å²) in [7, 11) is -2.99. The SMILES string of the molecule is NC1(CCc2cc3n(c2)CCS3(=O)=O)CC1. The minimum absolute atomic E-state index is 0.0469. The van der Waals surface area contributed by atoms with Crippen LogP contribution in [-0.4, -0.2) is 24.3 Å². The van der Waals surface area contributed by atoms with Crippen LogP contribution in [0, 0.1) is 0 Å². The molecule has 16 heavy (non-hydrogen) atoms. The summed E-state index contributed by atoms with van der Waals surface area (Å²) in [5, 5.41) is 0.490. The second-order valence-corrected chi connectivity index (χ2v) is 7.12. The molecule has 1 aliphatic heterocycles. The fourth-order valence-electron chi connectivity index (χ4n) is 2.25. The summed E-state index contributed by atoms with van der Waals surface area (Å²) in [6.07, 6.45) is 6.05. The Morgan fingerprint density at radius 2 is 2.19 bits per heavy atom. The van der Waals surface area contributed by atoms with Gasteiger partial charge in [-0.25, -0.2) is 8.42 Å². The van der Waals surface area contributed by atoms with Gasteiger partial charge in [0.1, 0.15) is 5.03 Å². The van der Waals surface area contributed by atoms with Crippen molar-refractivity contribution in [2.45, 2.75) is 42.8 Å². The zero-order valence-electron chi connectivity index (χ0n) is 9.15. The molecule has 0 aromatic carbocycles. The van der Waals surface area contributed by atoms with Crippen molar-refractivity contribution in [1.82, 2.24) is 4.57 Å². The lowest BCUT2D eigenvalue weighted by Crippen LogP contribution is -2.21. The molecule has 4 nitrogen and oxygen atoms in total. The van der Waals surface area contributed by atoms with Gasteiger partial charge in [0.2, 0.25) is 0 Å². The van der Waals surface area contributed by atoms with Gasteiger partial charge in [-0.05, 0) is 37.3 Å². The summed E-state index contributed by atoms with van der Waals surface area (Å²) in [4.78, 5) is 0.